The fourth-order valence-corrected chi connectivity index (χ4v) is 2.50. The zero-order valence-corrected chi connectivity index (χ0v) is 9.38. The van der Waals surface area contributed by atoms with Gasteiger partial charge >= 0.3 is 0 Å². The maximum absolute atomic E-state index is 5.13. The van der Waals surface area contributed by atoms with Crippen molar-refractivity contribution in [2.24, 2.45) is 5.92 Å². The standard InChI is InChI=1S/C11H22N2O/c1-11(10-3-4-10)9-13(6-5-12-11)7-8-14-2/h10,12H,3-9H2,1-2H3. The summed E-state index contributed by atoms with van der Waals surface area (Å²) in [4.78, 5) is 2.53. The van der Waals surface area contributed by atoms with Crippen molar-refractivity contribution in [3.63, 3.8) is 0 Å². The third kappa shape index (κ3) is 2.27. The lowest BCUT2D eigenvalue weighted by molar-refractivity contribution is 0.0912. The number of nitrogens with one attached hydrogen (secondary N) is 1. The lowest BCUT2D eigenvalue weighted by atomic mass is 9.93. The van der Waals surface area contributed by atoms with Crippen LogP contribution in [0, 0.1) is 5.92 Å². The van der Waals surface area contributed by atoms with Crippen LogP contribution in [-0.4, -0.2) is 50.3 Å². The first kappa shape index (κ1) is 10.4. The molecule has 0 aromatic carbocycles. The van der Waals surface area contributed by atoms with Crippen molar-refractivity contribution in [2.75, 3.05) is 39.9 Å². The molecule has 1 N–H and O–H groups in total. The van der Waals surface area contributed by atoms with Gasteiger partial charge < -0.3 is 10.1 Å². The number of hydrogen-bond acceptors (Lipinski definition) is 3. The number of nitrogens with zero attached hydrogens (tertiary/aromatic N) is 1. The highest BCUT2D eigenvalue weighted by molar-refractivity contribution is 5.01. The smallest absolute Gasteiger partial charge is 0.0589 e. The van der Waals surface area contributed by atoms with Crippen LogP contribution in [0.5, 0.6) is 0 Å². The van der Waals surface area contributed by atoms with Gasteiger partial charge in [0.2, 0.25) is 0 Å². The lowest BCUT2D eigenvalue weighted by Crippen LogP contribution is -2.60. The minimum atomic E-state index is 0.381. The first-order valence-electron chi connectivity index (χ1n) is 5.71. The van der Waals surface area contributed by atoms with Crippen LogP contribution in [-0.2, 0) is 4.74 Å². The molecule has 0 bridgehead atoms. The van der Waals surface area contributed by atoms with E-state index < -0.39 is 0 Å². The predicted molar refractivity (Wildman–Crippen MR) is 57.4 cm³/mol. The fourth-order valence-electron chi connectivity index (χ4n) is 2.50. The molecular weight excluding hydrogens is 176 g/mol. The van der Waals surface area contributed by atoms with Gasteiger partial charge in [-0.15, -0.1) is 0 Å². The Morgan fingerprint density at radius 3 is 2.93 bits per heavy atom. The minimum Gasteiger partial charge on any atom is -0.383 e. The van der Waals surface area contributed by atoms with E-state index in [-0.39, 0.29) is 0 Å². The first-order chi connectivity index (χ1) is 6.74. The Bertz CT molecular complexity index is 194. The molecule has 3 nitrogen and oxygen atoms in total. The van der Waals surface area contributed by atoms with Crippen LogP contribution in [0.1, 0.15) is 19.8 Å². The highest BCUT2D eigenvalue weighted by Crippen LogP contribution is 2.40. The molecule has 82 valence electrons. The molecule has 3 heteroatoms. The molecule has 1 heterocycles. The van der Waals surface area contributed by atoms with E-state index in [9.17, 15) is 0 Å². The highest BCUT2D eigenvalue weighted by Gasteiger charge is 2.43. The number of methoxy groups -OCH3 is 1. The number of piperazine rings is 1. The maximum Gasteiger partial charge on any atom is 0.0589 e. The first-order valence-corrected chi connectivity index (χ1v) is 5.71. The van der Waals surface area contributed by atoms with E-state index in [4.69, 9.17) is 4.74 Å². The van der Waals surface area contributed by atoms with Gasteiger partial charge in [0.15, 0.2) is 0 Å². The molecule has 0 spiro atoms. The van der Waals surface area contributed by atoms with Crippen molar-refractivity contribution in [3.8, 4) is 0 Å². The molecule has 1 saturated heterocycles. The lowest BCUT2D eigenvalue weighted by Gasteiger charge is -2.42. The van der Waals surface area contributed by atoms with Crippen molar-refractivity contribution in [2.45, 2.75) is 25.3 Å². The average molecular weight is 198 g/mol. The second kappa shape index (κ2) is 4.17. The van der Waals surface area contributed by atoms with Crippen LogP contribution in [0.15, 0.2) is 0 Å². The Kier molecular flexibility index (Phi) is 3.10. The molecule has 1 unspecified atom stereocenters. The predicted octanol–water partition coefficient (Wildman–Crippen LogP) is 0.707. The summed E-state index contributed by atoms with van der Waals surface area (Å²) in [5.74, 6) is 0.924. The Labute approximate surface area is 86.8 Å². The van der Waals surface area contributed by atoms with Gasteiger partial charge in [-0.1, -0.05) is 0 Å². The van der Waals surface area contributed by atoms with E-state index in [2.05, 4.69) is 17.1 Å². The average Bonchev–Trinajstić information content (AvgIpc) is 2.98. The Balaban J connectivity index is 1.83. The van der Waals surface area contributed by atoms with E-state index >= 15 is 0 Å². The van der Waals surface area contributed by atoms with Gasteiger partial charge in [-0.25, -0.2) is 0 Å². The summed E-state index contributed by atoms with van der Waals surface area (Å²) in [6.07, 6.45) is 2.84. The summed E-state index contributed by atoms with van der Waals surface area (Å²) < 4.78 is 5.13. The second-order valence-corrected chi connectivity index (χ2v) is 4.89. The summed E-state index contributed by atoms with van der Waals surface area (Å²) in [6.45, 7) is 7.83. The fraction of sp³-hybridized carbons (Fsp3) is 1.00. The summed E-state index contributed by atoms with van der Waals surface area (Å²) in [5, 5.41) is 3.68. The second-order valence-electron chi connectivity index (χ2n) is 4.89. The Morgan fingerprint density at radius 1 is 1.50 bits per heavy atom. The summed E-state index contributed by atoms with van der Waals surface area (Å²) >= 11 is 0. The largest absolute Gasteiger partial charge is 0.383 e. The van der Waals surface area contributed by atoms with Gasteiger partial charge in [0.25, 0.3) is 0 Å². The van der Waals surface area contributed by atoms with Crippen LogP contribution >= 0.6 is 0 Å². The van der Waals surface area contributed by atoms with Gasteiger partial charge in [-0.3, -0.25) is 4.90 Å². The van der Waals surface area contributed by atoms with E-state index in [1.807, 2.05) is 0 Å². The van der Waals surface area contributed by atoms with Gasteiger partial charge in [0, 0.05) is 38.8 Å². The van der Waals surface area contributed by atoms with Gasteiger partial charge in [0.05, 0.1) is 6.61 Å². The van der Waals surface area contributed by atoms with Crippen LogP contribution in [0.25, 0.3) is 0 Å². The van der Waals surface area contributed by atoms with Crippen molar-refractivity contribution < 1.29 is 4.74 Å². The van der Waals surface area contributed by atoms with Crippen LogP contribution < -0.4 is 5.32 Å². The Morgan fingerprint density at radius 2 is 2.29 bits per heavy atom. The number of rotatable bonds is 4. The highest BCUT2D eigenvalue weighted by atomic mass is 16.5. The molecule has 0 amide bonds. The molecule has 1 saturated carbocycles. The maximum atomic E-state index is 5.13. The van der Waals surface area contributed by atoms with Gasteiger partial charge in [0.1, 0.15) is 0 Å². The van der Waals surface area contributed by atoms with Gasteiger partial charge in [-0.05, 0) is 25.7 Å². The van der Waals surface area contributed by atoms with Crippen LogP contribution in [0.2, 0.25) is 0 Å². The van der Waals surface area contributed by atoms with E-state index in [1.165, 1.54) is 25.9 Å². The van der Waals surface area contributed by atoms with Crippen molar-refractivity contribution in [1.82, 2.24) is 10.2 Å². The molecule has 2 fully saturated rings. The number of ether oxygens (including phenoxy) is 1. The molecule has 14 heavy (non-hydrogen) atoms. The minimum absolute atomic E-state index is 0.381. The van der Waals surface area contributed by atoms with Crippen LogP contribution in [0.3, 0.4) is 0 Å². The van der Waals surface area contributed by atoms with E-state index in [0.717, 1.165) is 25.6 Å². The third-order valence-corrected chi connectivity index (χ3v) is 3.60. The zero-order chi connectivity index (χ0) is 10.0. The molecular formula is C11H22N2O. The quantitative estimate of drug-likeness (QED) is 0.720. The van der Waals surface area contributed by atoms with E-state index in [0.29, 0.717) is 5.54 Å². The SMILES string of the molecule is COCCN1CCNC(C)(C2CC2)C1. The molecule has 0 aromatic heterocycles. The molecule has 1 aliphatic carbocycles. The Hall–Kier alpha value is -0.120. The molecule has 2 rings (SSSR count). The molecule has 1 atom stereocenters. The summed E-state index contributed by atoms with van der Waals surface area (Å²) in [7, 11) is 1.78. The van der Waals surface area contributed by atoms with Crippen LogP contribution in [0.4, 0.5) is 0 Å². The molecule has 2 aliphatic rings. The summed E-state index contributed by atoms with van der Waals surface area (Å²) in [6, 6.07) is 0. The van der Waals surface area contributed by atoms with E-state index in [1.54, 1.807) is 7.11 Å². The van der Waals surface area contributed by atoms with Gasteiger partial charge in [-0.2, -0.15) is 0 Å². The van der Waals surface area contributed by atoms with Crippen molar-refractivity contribution in [3.05, 3.63) is 0 Å². The normalized spacial score (nSPS) is 34.7. The zero-order valence-electron chi connectivity index (χ0n) is 9.38. The third-order valence-electron chi connectivity index (χ3n) is 3.60. The molecule has 0 radical (unpaired) electrons. The monoisotopic (exact) mass is 198 g/mol. The van der Waals surface area contributed by atoms with Crippen molar-refractivity contribution in [1.29, 1.82) is 0 Å². The number of hydrogen-bond donors (Lipinski definition) is 1. The van der Waals surface area contributed by atoms with Crippen molar-refractivity contribution >= 4 is 0 Å². The summed E-state index contributed by atoms with van der Waals surface area (Å²) in [5.41, 5.74) is 0.381. The molecule has 0 aromatic rings. The topological polar surface area (TPSA) is 24.5 Å². The molecule has 1 aliphatic heterocycles.